The second kappa shape index (κ2) is 6.91. The highest BCUT2D eigenvalue weighted by molar-refractivity contribution is 5.95. The van der Waals surface area contributed by atoms with Crippen LogP contribution in [0.4, 0.5) is 10.1 Å². The van der Waals surface area contributed by atoms with Crippen LogP contribution >= 0.6 is 0 Å². The van der Waals surface area contributed by atoms with Crippen molar-refractivity contribution in [2.24, 2.45) is 7.05 Å². The van der Waals surface area contributed by atoms with E-state index in [9.17, 15) is 9.18 Å². The van der Waals surface area contributed by atoms with E-state index in [0.29, 0.717) is 24.5 Å². The number of ether oxygens (including phenoxy) is 1. The summed E-state index contributed by atoms with van der Waals surface area (Å²) in [5.74, 6) is 0.302. The van der Waals surface area contributed by atoms with E-state index in [2.05, 4.69) is 20.7 Å². The molecule has 8 nitrogen and oxygen atoms in total. The van der Waals surface area contributed by atoms with E-state index in [1.54, 1.807) is 7.05 Å². The molecule has 0 unspecified atom stereocenters. The van der Waals surface area contributed by atoms with Gasteiger partial charge in [0, 0.05) is 6.07 Å². The Morgan fingerprint density at radius 2 is 2.33 bits per heavy atom. The number of nitrogens with one attached hydrogen (secondary N) is 1. The summed E-state index contributed by atoms with van der Waals surface area (Å²) in [6, 6.07) is 3.90. The first kappa shape index (κ1) is 16.3. The molecule has 0 spiro atoms. The smallest absolute Gasteiger partial charge is 0.241 e. The first-order chi connectivity index (χ1) is 11.6. The number of halogens is 1. The number of hydrogen-bond donors (Lipinski definition) is 1. The number of likely N-dealkylation sites (tertiary alicyclic amines) is 1. The molecule has 1 amide bonds. The van der Waals surface area contributed by atoms with Gasteiger partial charge in [-0.3, -0.25) is 9.69 Å². The van der Waals surface area contributed by atoms with E-state index >= 15 is 0 Å². The minimum absolute atomic E-state index is 0.115. The van der Waals surface area contributed by atoms with Crippen molar-refractivity contribution in [2.45, 2.75) is 25.4 Å². The van der Waals surface area contributed by atoms with Crippen molar-refractivity contribution in [1.82, 2.24) is 25.1 Å². The van der Waals surface area contributed by atoms with Gasteiger partial charge in [-0.1, -0.05) is 0 Å². The number of carbonyl (C=O) groups excluding carboxylic acids is 1. The van der Waals surface area contributed by atoms with Crippen LogP contribution in [0.1, 0.15) is 18.7 Å². The molecular weight excluding hydrogens is 315 g/mol. The van der Waals surface area contributed by atoms with E-state index in [1.807, 2.05) is 4.90 Å². The number of anilines is 1. The summed E-state index contributed by atoms with van der Waals surface area (Å²) in [6.45, 7) is 1.20. The highest BCUT2D eigenvalue weighted by Gasteiger charge is 2.32. The molecule has 0 radical (unpaired) electrons. The first-order valence-electron chi connectivity index (χ1n) is 7.68. The Morgan fingerprint density at radius 3 is 3.04 bits per heavy atom. The Labute approximate surface area is 138 Å². The van der Waals surface area contributed by atoms with Gasteiger partial charge in [0.2, 0.25) is 5.91 Å². The van der Waals surface area contributed by atoms with Gasteiger partial charge in [-0.2, -0.15) is 4.80 Å². The van der Waals surface area contributed by atoms with Crippen LogP contribution in [0, 0.1) is 5.82 Å². The van der Waals surface area contributed by atoms with Gasteiger partial charge in [-0.05, 0) is 36.7 Å². The zero-order valence-electron chi connectivity index (χ0n) is 13.6. The molecule has 0 bridgehead atoms. The van der Waals surface area contributed by atoms with Crippen molar-refractivity contribution in [1.29, 1.82) is 0 Å². The van der Waals surface area contributed by atoms with Gasteiger partial charge in [0.25, 0.3) is 0 Å². The lowest BCUT2D eigenvalue weighted by Crippen LogP contribution is -2.39. The van der Waals surface area contributed by atoms with E-state index in [1.165, 1.54) is 30.1 Å². The molecule has 0 saturated carbocycles. The van der Waals surface area contributed by atoms with Crippen LogP contribution in [0.25, 0.3) is 0 Å². The van der Waals surface area contributed by atoms with Gasteiger partial charge < -0.3 is 10.1 Å². The highest BCUT2D eigenvalue weighted by atomic mass is 19.1. The predicted molar refractivity (Wildman–Crippen MR) is 83.8 cm³/mol. The molecule has 1 aromatic heterocycles. The largest absolute Gasteiger partial charge is 0.497 e. The van der Waals surface area contributed by atoms with Crippen LogP contribution in [0.2, 0.25) is 0 Å². The summed E-state index contributed by atoms with van der Waals surface area (Å²) < 4.78 is 19.0. The molecule has 1 atom stereocenters. The minimum atomic E-state index is -0.496. The van der Waals surface area contributed by atoms with Gasteiger partial charge >= 0.3 is 0 Å². The number of rotatable bonds is 5. The summed E-state index contributed by atoms with van der Waals surface area (Å²) in [5, 5.41) is 14.5. The zero-order valence-corrected chi connectivity index (χ0v) is 13.6. The zero-order chi connectivity index (χ0) is 17.1. The lowest BCUT2D eigenvalue weighted by molar-refractivity contribution is -0.120. The third-order valence-electron chi connectivity index (χ3n) is 3.99. The molecule has 1 aliphatic rings. The highest BCUT2D eigenvalue weighted by Crippen LogP contribution is 2.24. The Balaban J connectivity index is 1.69. The number of benzene rings is 1. The van der Waals surface area contributed by atoms with Crippen LogP contribution in [-0.4, -0.2) is 50.7 Å². The summed E-state index contributed by atoms with van der Waals surface area (Å²) in [4.78, 5) is 15.9. The summed E-state index contributed by atoms with van der Waals surface area (Å²) in [5.41, 5.74) is 0.115. The molecule has 24 heavy (non-hydrogen) atoms. The van der Waals surface area contributed by atoms with Crippen LogP contribution in [-0.2, 0) is 18.4 Å². The van der Waals surface area contributed by atoms with Crippen LogP contribution in [0.5, 0.6) is 5.75 Å². The molecule has 1 aromatic carbocycles. The predicted octanol–water partition coefficient (Wildman–Crippen LogP) is 0.961. The fourth-order valence-corrected chi connectivity index (χ4v) is 2.82. The Morgan fingerprint density at radius 1 is 1.50 bits per heavy atom. The van der Waals surface area contributed by atoms with Crippen molar-refractivity contribution in [3.63, 3.8) is 0 Å². The van der Waals surface area contributed by atoms with E-state index in [4.69, 9.17) is 4.74 Å². The van der Waals surface area contributed by atoms with E-state index < -0.39 is 5.82 Å². The molecule has 2 aromatic rings. The van der Waals surface area contributed by atoms with Crippen molar-refractivity contribution >= 4 is 11.6 Å². The Hall–Kier alpha value is -2.55. The fourth-order valence-electron chi connectivity index (χ4n) is 2.82. The lowest BCUT2D eigenvalue weighted by Gasteiger charge is -2.22. The van der Waals surface area contributed by atoms with Gasteiger partial charge in [0.05, 0.1) is 32.4 Å². The van der Waals surface area contributed by atoms with Crippen LogP contribution in [0.3, 0.4) is 0 Å². The van der Waals surface area contributed by atoms with Crippen LogP contribution < -0.4 is 10.1 Å². The second-order valence-corrected chi connectivity index (χ2v) is 5.66. The molecule has 128 valence electrons. The first-order valence-corrected chi connectivity index (χ1v) is 7.68. The van der Waals surface area contributed by atoms with Crippen molar-refractivity contribution in [3.8, 4) is 5.75 Å². The molecule has 9 heteroatoms. The number of nitrogens with zero attached hydrogens (tertiary/aromatic N) is 5. The van der Waals surface area contributed by atoms with Gasteiger partial charge in [0.1, 0.15) is 11.6 Å². The molecule has 0 aliphatic carbocycles. The number of hydrogen-bond acceptors (Lipinski definition) is 6. The van der Waals surface area contributed by atoms with Gasteiger partial charge in [-0.15, -0.1) is 10.2 Å². The lowest BCUT2D eigenvalue weighted by atomic mass is 10.2. The molecule has 1 fully saturated rings. The maximum absolute atomic E-state index is 13.9. The summed E-state index contributed by atoms with van der Waals surface area (Å²) in [6.07, 6.45) is 1.59. The number of carbonyl (C=O) groups is 1. The molecular formula is C15H19FN6O2. The maximum atomic E-state index is 13.9. The number of methoxy groups -OCH3 is 1. The van der Waals surface area contributed by atoms with Crippen molar-refractivity contribution in [3.05, 3.63) is 29.8 Å². The monoisotopic (exact) mass is 334 g/mol. The third kappa shape index (κ3) is 3.51. The Kier molecular flexibility index (Phi) is 4.70. The quantitative estimate of drug-likeness (QED) is 0.877. The Bertz CT molecular complexity index is 735. The topological polar surface area (TPSA) is 85.2 Å². The molecule has 1 N–H and O–H groups in total. The SMILES string of the molecule is COc1ccc(F)c(NC(=O)[C@@H]2CCCN2Cc2nnn(C)n2)c1. The average Bonchev–Trinajstić information content (AvgIpc) is 3.19. The molecule has 1 aliphatic heterocycles. The number of aryl methyl sites for hydroxylation is 1. The molecule has 2 heterocycles. The van der Waals surface area contributed by atoms with Crippen molar-refractivity contribution < 1.29 is 13.9 Å². The van der Waals surface area contributed by atoms with Gasteiger partial charge in [0.15, 0.2) is 5.82 Å². The maximum Gasteiger partial charge on any atom is 0.241 e. The minimum Gasteiger partial charge on any atom is -0.497 e. The molecule has 1 saturated heterocycles. The fraction of sp³-hybridized carbons (Fsp3) is 0.467. The van der Waals surface area contributed by atoms with Crippen molar-refractivity contribution in [2.75, 3.05) is 19.0 Å². The van der Waals surface area contributed by atoms with Gasteiger partial charge in [-0.25, -0.2) is 4.39 Å². The normalized spacial score (nSPS) is 17.9. The van der Waals surface area contributed by atoms with E-state index in [0.717, 1.165) is 13.0 Å². The molecule has 3 rings (SSSR count). The standard InChI is InChI=1S/C15H19FN6O2/c1-21-19-14(18-20-21)9-22-7-3-4-13(22)15(23)17-12-8-10(24-2)5-6-11(12)16/h5-6,8,13H,3-4,7,9H2,1-2H3,(H,17,23)/t13-/m0/s1. The number of aromatic nitrogens is 4. The third-order valence-corrected chi connectivity index (χ3v) is 3.99. The number of tetrazole rings is 1. The van der Waals surface area contributed by atoms with Crippen LogP contribution in [0.15, 0.2) is 18.2 Å². The van der Waals surface area contributed by atoms with E-state index in [-0.39, 0.29) is 17.6 Å². The summed E-state index contributed by atoms with van der Waals surface area (Å²) >= 11 is 0. The summed E-state index contributed by atoms with van der Waals surface area (Å²) in [7, 11) is 3.18. The second-order valence-electron chi connectivity index (χ2n) is 5.66. The number of amides is 1. The average molecular weight is 334 g/mol.